The molecule has 1 aliphatic heterocycles. The zero-order chi connectivity index (χ0) is 22.8. The topological polar surface area (TPSA) is 97.6 Å². The molecule has 3 aromatic rings. The summed E-state index contributed by atoms with van der Waals surface area (Å²) < 4.78 is 5.79. The third-order valence-electron chi connectivity index (χ3n) is 5.76. The van der Waals surface area contributed by atoms with Crippen LogP contribution in [0.2, 0.25) is 0 Å². The predicted molar refractivity (Wildman–Crippen MR) is 121 cm³/mol. The second-order valence-electron chi connectivity index (χ2n) is 7.55. The lowest BCUT2D eigenvalue weighted by Gasteiger charge is -2.28. The van der Waals surface area contributed by atoms with Crippen molar-refractivity contribution in [3.63, 3.8) is 0 Å². The van der Waals surface area contributed by atoms with Crippen molar-refractivity contribution < 1.29 is 24.8 Å². The first-order chi connectivity index (χ1) is 15.4. The van der Waals surface area contributed by atoms with E-state index >= 15 is 0 Å². The first kappa shape index (κ1) is 21.9. The second-order valence-corrected chi connectivity index (χ2v) is 7.55. The van der Waals surface area contributed by atoms with Crippen molar-refractivity contribution in [2.24, 2.45) is 0 Å². The zero-order valence-electron chi connectivity index (χ0n) is 18.0. The van der Waals surface area contributed by atoms with Crippen LogP contribution in [-0.2, 0) is 0 Å². The van der Waals surface area contributed by atoms with Gasteiger partial charge in [-0.3, -0.25) is 9.59 Å². The first-order valence-electron chi connectivity index (χ1n) is 10.6. The fraction of sp³-hybridized carbons (Fsp3) is 0.250. The Hall–Kier alpha value is -3.30. The molecule has 0 bridgehead atoms. The lowest BCUT2D eigenvalue weighted by molar-refractivity contribution is -0.991. The molecule has 8 nitrogen and oxygen atoms in total. The van der Waals surface area contributed by atoms with Gasteiger partial charge in [-0.2, -0.15) is 5.23 Å². The number of carbonyl (C=O) groups is 2. The normalized spacial score (nSPS) is 14.3. The lowest BCUT2D eigenvalue weighted by atomic mass is 9.93. The Morgan fingerprint density at radius 1 is 1.00 bits per heavy atom. The van der Waals surface area contributed by atoms with E-state index in [2.05, 4.69) is 18.7 Å². The average Bonchev–Trinajstić information content (AvgIpc) is 2.80. The van der Waals surface area contributed by atoms with Crippen LogP contribution in [0, 0.1) is 5.21 Å². The van der Waals surface area contributed by atoms with Gasteiger partial charge in [0.1, 0.15) is 12.4 Å². The van der Waals surface area contributed by atoms with Gasteiger partial charge >= 0.3 is 0 Å². The maximum Gasteiger partial charge on any atom is 0.266 e. The highest BCUT2D eigenvalue weighted by atomic mass is 16.8. The molecule has 32 heavy (non-hydrogen) atoms. The Morgan fingerprint density at radius 3 is 2.34 bits per heavy atom. The quantitative estimate of drug-likeness (QED) is 0.417. The van der Waals surface area contributed by atoms with Crippen LogP contribution < -0.4 is 14.9 Å². The number of quaternary nitrogens is 1. The Morgan fingerprint density at radius 2 is 1.69 bits per heavy atom. The minimum Gasteiger partial charge on any atom is -0.595 e. The van der Waals surface area contributed by atoms with E-state index in [1.807, 2.05) is 0 Å². The molecule has 1 heterocycles. The number of hydrogen-bond acceptors (Lipinski definition) is 6. The van der Waals surface area contributed by atoms with Crippen molar-refractivity contribution in [2.75, 3.05) is 31.1 Å². The number of ether oxygens (including phenoxy) is 1. The molecule has 3 aromatic carbocycles. The van der Waals surface area contributed by atoms with Crippen molar-refractivity contribution in [1.82, 2.24) is 4.90 Å². The average molecular weight is 435 g/mol. The van der Waals surface area contributed by atoms with Crippen molar-refractivity contribution in [1.29, 1.82) is 0 Å². The number of benzene rings is 3. The van der Waals surface area contributed by atoms with E-state index in [1.54, 1.807) is 42.5 Å². The van der Waals surface area contributed by atoms with E-state index in [1.165, 1.54) is 12.1 Å². The van der Waals surface area contributed by atoms with Gasteiger partial charge in [0.2, 0.25) is 0 Å². The van der Waals surface area contributed by atoms with E-state index in [4.69, 9.17) is 4.74 Å². The molecule has 0 fully saturated rings. The summed E-state index contributed by atoms with van der Waals surface area (Å²) in [6.45, 7) is 7.46. The summed E-state index contributed by atoms with van der Waals surface area (Å²) in [6, 6.07) is 14.6. The molecule has 0 spiro atoms. The number of likely N-dealkylation sites (N-methyl/N-ethyl adjacent to an activating group) is 1. The SMILES string of the molecule is CCN(CC)CCOc1ccc(N2C(=O)c3cccc4cc([NH+]([O-])O)cc(c34)C2=O)cc1. The molecule has 1 atom stereocenters. The number of anilines is 1. The monoisotopic (exact) mass is 435 g/mol. The molecule has 8 heteroatoms. The van der Waals surface area contributed by atoms with Crippen molar-refractivity contribution >= 4 is 34.0 Å². The highest BCUT2D eigenvalue weighted by Crippen LogP contribution is 2.34. The van der Waals surface area contributed by atoms with Gasteiger partial charge in [0.15, 0.2) is 5.69 Å². The Kier molecular flexibility index (Phi) is 6.20. The smallest absolute Gasteiger partial charge is 0.266 e. The van der Waals surface area contributed by atoms with Crippen molar-refractivity contribution in [3.05, 3.63) is 70.9 Å². The molecule has 2 amide bonds. The second kappa shape index (κ2) is 9.05. The van der Waals surface area contributed by atoms with Crippen molar-refractivity contribution in [3.8, 4) is 5.75 Å². The maximum atomic E-state index is 13.3. The van der Waals surface area contributed by atoms with Crippen LogP contribution >= 0.6 is 0 Å². The molecule has 0 aliphatic carbocycles. The van der Waals surface area contributed by atoms with Gasteiger partial charge in [0.25, 0.3) is 11.8 Å². The number of amides is 2. The minimum absolute atomic E-state index is 0.00393. The van der Waals surface area contributed by atoms with Crippen LogP contribution in [0.5, 0.6) is 5.75 Å². The Balaban J connectivity index is 1.62. The summed E-state index contributed by atoms with van der Waals surface area (Å²) in [7, 11) is 0. The fourth-order valence-corrected chi connectivity index (χ4v) is 3.99. The summed E-state index contributed by atoms with van der Waals surface area (Å²) in [5, 5.41) is 20.9. The summed E-state index contributed by atoms with van der Waals surface area (Å²) in [5.74, 6) is -0.336. The van der Waals surface area contributed by atoms with Gasteiger partial charge < -0.3 is 14.8 Å². The molecule has 1 aliphatic rings. The van der Waals surface area contributed by atoms with Crippen LogP contribution in [0.25, 0.3) is 10.8 Å². The van der Waals surface area contributed by atoms with E-state index in [0.717, 1.165) is 24.5 Å². The minimum atomic E-state index is -1.13. The van der Waals surface area contributed by atoms with Crippen molar-refractivity contribution in [2.45, 2.75) is 13.8 Å². The van der Waals surface area contributed by atoms with Gasteiger partial charge in [0.05, 0.1) is 11.3 Å². The van der Waals surface area contributed by atoms with Gasteiger partial charge in [-0.1, -0.05) is 26.0 Å². The summed E-state index contributed by atoms with van der Waals surface area (Å²) in [4.78, 5) is 29.8. The van der Waals surface area contributed by atoms with Crippen LogP contribution in [-0.4, -0.2) is 48.2 Å². The molecule has 2 N–H and O–H groups in total. The molecule has 1 unspecified atom stereocenters. The van der Waals surface area contributed by atoms with E-state index in [0.29, 0.717) is 34.4 Å². The molecule has 0 radical (unpaired) electrons. The maximum absolute atomic E-state index is 13.3. The Labute approximate surface area is 185 Å². The summed E-state index contributed by atoms with van der Waals surface area (Å²) in [6.07, 6.45) is 0. The summed E-state index contributed by atoms with van der Waals surface area (Å²) in [5.41, 5.74) is 0.979. The number of rotatable bonds is 8. The standard InChI is InChI=1S/C24H25N3O5/c1-3-25(4-2)12-13-32-19-10-8-17(9-11-19)26-23(28)20-7-5-6-16-14-18(27(30)31)15-21(22(16)20)24(26)29/h5-11,14-15,27,30H,3-4,12-13H2,1-2H3. The number of carbonyl (C=O) groups excluding carboxylic acids is 2. The van der Waals surface area contributed by atoms with Crippen LogP contribution in [0.4, 0.5) is 11.4 Å². The lowest BCUT2D eigenvalue weighted by Crippen LogP contribution is -2.99. The Bertz CT molecular complexity index is 1160. The van der Waals surface area contributed by atoms with Gasteiger partial charge in [-0.05, 0) is 48.8 Å². The molecule has 0 saturated heterocycles. The third-order valence-corrected chi connectivity index (χ3v) is 5.76. The number of nitrogens with one attached hydrogen (secondary N) is 1. The first-order valence-corrected chi connectivity index (χ1v) is 10.6. The molecule has 0 saturated carbocycles. The van der Waals surface area contributed by atoms with Gasteiger partial charge in [-0.25, -0.2) is 10.1 Å². The van der Waals surface area contributed by atoms with E-state index in [9.17, 15) is 20.0 Å². The molecule has 0 aromatic heterocycles. The number of hydrogen-bond donors (Lipinski definition) is 2. The molecule has 166 valence electrons. The number of nitrogens with zero attached hydrogens (tertiary/aromatic N) is 2. The van der Waals surface area contributed by atoms with Crippen LogP contribution in [0.15, 0.2) is 54.6 Å². The van der Waals surface area contributed by atoms with E-state index < -0.39 is 17.0 Å². The third kappa shape index (κ3) is 3.96. The predicted octanol–water partition coefficient (Wildman–Crippen LogP) is 2.76. The highest BCUT2D eigenvalue weighted by Gasteiger charge is 2.34. The zero-order valence-corrected chi connectivity index (χ0v) is 18.0. The van der Waals surface area contributed by atoms with E-state index in [-0.39, 0.29) is 11.3 Å². The van der Waals surface area contributed by atoms with Crippen LogP contribution in [0.1, 0.15) is 34.6 Å². The molecular weight excluding hydrogens is 410 g/mol. The van der Waals surface area contributed by atoms with Gasteiger partial charge in [-0.15, -0.1) is 0 Å². The molecular formula is C24H25N3O5. The van der Waals surface area contributed by atoms with Gasteiger partial charge in [0, 0.05) is 29.6 Å². The van der Waals surface area contributed by atoms with Crippen LogP contribution in [0.3, 0.4) is 0 Å². The number of imide groups is 1. The largest absolute Gasteiger partial charge is 0.595 e. The fourth-order valence-electron chi connectivity index (χ4n) is 3.99. The molecule has 4 rings (SSSR count). The summed E-state index contributed by atoms with van der Waals surface area (Å²) >= 11 is 0. The highest BCUT2D eigenvalue weighted by molar-refractivity contribution is 6.36.